The van der Waals surface area contributed by atoms with Crippen molar-refractivity contribution in [3.8, 4) is 0 Å². The van der Waals surface area contributed by atoms with Crippen molar-refractivity contribution in [3.05, 3.63) is 53.1 Å². The number of amides is 2. The molecule has 3 rings (SSSR count). The van der Waals surface area contributed by atoms with Crippen LogP contribution in [0.4, 0.5) is 5.69 Å². The van der Waals surface area contributed by atoms with Crippen LogP contribution in [0.2, 0.25) is 5.02 Å². The fourth-order valence-electron chi connectivity index (χ4n) is 2.42. The quantitative estimate of drug-likeness (QED) is 0.873. The van der Waals surface area contributed by atoms with Crippen molar-refractivity contribution in [2.75, 3.05) is 5.32 Å². The highest BCUT2D eigenvalue weighted by Crippen LogP contribution is 2.27. The molecule has 2 aromatic rings. The van der Waals surface area contributed by atoms with Gasteiger partial charge in [0.15, 0.2) is 0 Å². The standard InChI is InChI=1S/C17H17ClN4O2/c18-14-9-19-10-21-15(14)17(24)20-8-11-3-1-6-13(7-11)22-16(23)12-4-2-5-12/h1,3,6-7,9-10,12H,2,4-5,8H2,(H,20,24)(H,22,23). The molecule has 24 heavy (non-hydrogen) atoms. The summed E-state index contributed by atoms with van der Waals surface area (Å²) in [7, 11) is 0. The van der Waals surface area contributed by atoms with Gasteiger partial charge in [-0.05, 0) is 30.5 Å². The van der Waals surface area contributed by atoms with Crippen LogP contribution < -0.4 is 10.6 Å². The van der Waals surface area contributed by atoms with Crippen molar-refractivity contribution < 1.29 is 9.59 Å². The minimum absolute atomic E-state index is 0.0650. The maximum Gasteiger partial charge on any atom is 0.271 e. The Balaban J connectivity index is 1.59. The summed E-state index contributed by atoms with van der Waals surface area (Å²) in [5.74, 6) is -0.172. The van der Waals surface area contributed by atoms with Gasteiger partial charge in [-0.15, -0.1) is 0 Å². The first-order valence-corrected chi connectivity index (χ1v) is 8.15. The van der Waals surface area contributed by atoms with Gasteiger partial charge in [0.1, 0.15) is 12.0 Å². The lowest BCUT2D eigenvalue weighted by atomic mass is 9.85. The van der Waals surface area contributed by atoms with Crippen LogP contribution in [0.3, 0.4) is 0 Å². The molecule has 0 aliphatic heterocycles. The highest BCUT2D eigenvalue weighted by atomic mass is 35.5. The Bertz CT molecular complexity index is 762. The number of anilines is 1. The van der Waals surface area contributed by atoms with Gasteiger partial charge in [0.05, 0.1) is 5.02 Å². The minimum atomic E-state index is -0.369. The molecule has 2 N–H and O–H groups in total. The summed E-state index contributed by atoms with van der Waals surface area (Å²) in [5.41, 5.74) is 1.75. The monoisotopic (exact) mass is 344 g/mol. The van der Waals surface area contributed by atoms with Crippen LogP contribution >= 0.6 is 11.6 Å². The zero-order chi connectivity index (χ0) is 16.9. The van der Waals surface area contributed by atoms with Gasteiger partial charge in [0, 0.05) is 24.3 Å². The number of nitrogens with one attached hydrogen (secondary N) is 2. The number of hydrogen-bond donors (Lipinski definition) is 2. The molecule has 2 amide bonds. The maximum absolute atomic E-state index is 12.1. The van der Waals surface area contributed by atoms with Gasteiger partial charge in [-0.25, -0.2) is 9.97 Å². The lowest BCUT2D eigenvalue weighted by Gasteiger charge is -2.24. The van der Waals surface area contributed by atoms with Crippen LogP contribution in [-0.2, 0) is 11.3 Å². The summed E-state index contributed by atoms with van der Waals surface area (Å²) in [4.78, 5) is 31.7. The first-order chi connectivity index (χ1) is 11.6. The van der Waals surface area contributed by atoms with E-state index in [4.69, 9.17) is 11.6 Å². The Morgan fingerprint density at radius 1 is 1.29 bits per heavy atom. The van der Waals surface area contributed by atoms with E-state index in [1.165, 1.54) is 12.5 Å². The summed E-state index contributed by atoms with van der Waals surface area (Å²) in [6.07, 6.45) is 5.69. The summed E-state index contributed by atoms with van der Waals surface area (Å²) in [5, 5.41) is 5.88. The second kappa shape index (κ2) is 7.40. The van der Waals surface area contributed by atoms with Gasteiger partial charge in [-0.1, -0.05) is 30.2 Å². The van der Waals surface area contributed by atoms with Crippen molar-refractivity contribution in [1.82, 2.24) is 15.3 Å². The molecule has 1 saturated carbocycles. The first kappa shape index (κ1) is 16.4. The first-order valence-electron chi connectivity index (χ1n) is 7.77. The van der Waals surface area contributed by atoms with E-state index in [9.17, 15) is 9.59 Å². The summed E-state index contributed by atoms with van der Waals surface area (Å²) < 4.78 is 0. The molecule has 1 aromatic carbocycles. The predicted octanol–water partition coefficient (Wildman–Crippen LogP) is 2.80. The molecule has 1 heterocycles. The van der Waals surface area contributed by atoms with Crippen LogP contribution in [-0.4, -0.2) is 21.8 Å². The number of aromatic nitrogens is 2. The average molecular weight is 345 g/mol. The van der Waals surface area contributed by atoms with Crippen molar-refractivity contribution in [1.29, 1.82) is 0 Å². The Morgan fingerprint density at radius 2 is 2.12 bits per heavy atom. The third kappa shape index (κ3) is 3.89. The van der Waals surface area contributed by atoms with E-state index in [0.29, 0.717) is 6.54 Å². The summed E-state index contributed by atoms with van der Waals surface area (Å²) in [6.45, 7) is 0.312. The normalized spacial score (nSPS) is 13.9. The Morgan fingerprint density at radius 3 is 2.83 bits per heavy atom. The number of carbonyl (C=O) groups excluding carboxylic acids is 2. The number of halogens is 1. The third-order valence-electron chi connectivity index (χ3n) is 4.01. The zero-order valence-corrected chi connectivity index (χ0v) is 13.7. The van der Waals surface area contributed by atoms with E-state index in [-0.39, 0.29) is 28.4 Å². The minimum Gasteiger partial charge on any atom is -0.347 e. The number of carbonyl (C=O) groups is 2. The second-order valence-corrected chi connectivity index (χ2v) is 6.13. The van der Waals surface area contributed by atoms with Gasteiger partial charge in [-0.2, -0.15) is 0 Å². The zero-order valence-electron chi connectivity index (χ0n) is 13.0. The number of nitrogens with zero attached hydrogens (tertiary/aromatic N) is 2. The molecule has 1 fully saturated rings. The molecule has 0 radical (unpaired) electrons. The van der Waals surface area contributed by atoms with Gasteiger partial charge in [0.2, 0.25) is 5.91 Å². The molecule has 6 nitrogen and oxygen atoms in total. The topological polar surface area (TPSA) is 84.0 Å². The number of benzene rings is 1. The highest BCUT2D eigenvalue weighted by Gasteiger charge is 2.25. The van der Waals surface area contributed by atoms with Crippen molar-refractivity contribution in [2.45, 2.75) is 25.8 Å². The van der Waals surface area contributed by atoms with Crippen molar-refractivity contribution >= 4 is 29.1 Å². The lowest BCUT2D eigenvalue weighted by molar-refractivity contribution is -0.122. The fraction of sp³-hybridized carbons (Fsp3) is 0.294. The summed E-state index contributed by atoms with van der Waals surface area (Å²) in [6, 6.07) is 7.40. The average Bonchev–Trinajstić information content (AvgIpc) is 2.51. The van der Waals surface area contributed by atoms with Gasteiger partial charge < -0.3 is 10.6 Å². The van der Waals surface area contributed by atoms with Crippen LogP contribution in [0.1, 0.15) is 35.3 Å². The Kier molecular flexibility index (Phi) is 5.05. The number of hydrogen-bond acceptors (Lipinski definition) is 4. The van der Waals surface area contributed by atoms with E-state index in [1.807, 2.05) is 24.3 Å². The van der Waals surface area contributed by atoms with Crippen molar-refractivity contribution in [2.24, 2.45) is 5.92 Å². The molecule has 124 valence electrons. The largest absolute Gasteiger partial charge is 0.347 e. The smallest absolute Gasteiger partial charge is 0.271 e. The molecular formula is C17H17ClN4O2. The molecule has 0 spiro atoms. The van der Waals surface area contributed by atoms with Crippen LogP contribution in [0, 0.1) is 5.92 Å². The molecular weight excluding hydrogens is 328 g/mol. The highest BCUT2D eigenvalue weighted by molar-refractivity contribution is 6.33. The molecule has 0 saturated heterocycles. The van der Waals surface area contributed by atoms with E-state index in [1.54, 1.807) is 0 Å². The Labute approximate surface area is 144 Å². The Hall–Kier alpha value is -2.47. The number of rotatable bonds is 5. The molecule has 0 atom stereocenters. The second-order valence-electron chi connectivity index (χ2n) is 5.72. The predicted molar refractivity (Wildman–Crippen MR) is 90.6 cm³/mol. The van der Waals surface area contributed by atoms with E-state index in [2.05, 4.69) is 20.6 Å². The SMILES string of the molecule is O=C(NCc1cccc(NC(=O)C2CCC2)c1)c1ncncc1Cl. The summed E-state index contributed by atoms with van der Waals surface area (Å²) >= 11 is 5.90. The third-order valence-corrected chi connectivity index (χ3v) is 4.28. The molecule has 1 aromatic heterocycles. The van der Waals surface area contributed by atoms with Gasteiger partial charge >= 0.3 is 0 Å². The molecule has 1 aliphatic rings. The van der Waals surface area contributed by atoms with Crippen LogP contribution in [0.25, 0.3) is 0 Å². The van der Waals surface area contributed by atoms with Crippen LogP contribution in [0.15, 0.2) is 36.8 Å². The van der Waals surface area contributed by atoms with Crippen LogP contribution in [0.5, 0.6) is 0 Å². The molecule has 7 heteroatoms. The van der Waals surface area contributed by atoms with Gasteiger partial charge in [-0.3, -0.25) is 9.59 Å². The molecule has 0 bridgehead atoms. The van der Waals surface area contributed by atoms with Crippen molar-refractivity contribution in [3.63, 3.8) is 0 Å². The maximum atomic E-state index is 12.1. The van der Waals surface area contributed by atoms with E-state index < -0.39 is 0 Å². The van der Waals surface area contributed by atoms with E-state index >= 15 is 0 Å². The molecule has 0 unspecified atom stereocenters. The van der Waals surface area contributed by atoms with E-state index in [0.717, 1.165) is 30.5 Å². The molecule has 1 aliphatic carbocycles. The van der Waals surface area contributed by atoms with Gasteiger partial charge in [0.25, 0.3) is 5.91 Å². The fourth-order valence-corrected chi connectivity index (χ4v) is 2.61. The lowest BCUT2D eigenvalue weighted by Crippen LogP contribution is -2.28.